The minimum absolute atomic E-state index is 0.158. The average molecular weight is 303 g/mol. The lowest BCUT2D eigenvalue weighted by Crippen LogP contribution is -2.56. The maximum absolute atomic E-state index is 12.8. The molecule has 1 aromatic carbocycles. The Morgan fingerprint density at radius 2 is 2.05 bits per heavy atom. The van der Waals surface area contributed by atoms with Crippen molar-refractivity contribution in [1.82, 2.24) is 9.80 Å². The van der Waals surface area contributed by atoms with E-state index >= 15 is 0 Å². The lowest BCUT2D eigenvalue weighted by molar-refractivity contribution is 0.0371. The van der Waals surface area contributed by atoms with Crippen molar-refractivity contribution >= 4 is 11.6 Å². The molecular formula is C18H29N3O. The standard InChI is InChI=1S/C18H29N3O/c1-6-16-13-20(10-11-21(16)14(2)3)18(22)15-8-7-9-17(12-15)19(4)5/h7-9,12,14,16H,6,10-11,13H2,1-5H3/t16-/m1/s1. The third-order valence-electron chi connectivity index (χ3n) is 4.56. The minimum atomic E-state index is 0.158. The molecule has 0 N–H and O–H groups in total. The molecule has 22 heavy (non-hydrogen) atoms. The molecular weight excluding hydrogens is 274 g/mol. The van der Waals surface area contributed by atoms with Crippen LogP contribution < -0.4 is 4.90 Å². The number of benzene rings is 1. The Bertz CT molecular complexity index is 513. The van der Waals surface area contributed by atoms with E-state index in [4.69, 9.17) is 0 Å². The van der Waals surface area contributed by atoms with E-state index in [0.29, 0.717) is 12.1 Å². The molecule has 0 aromatic heterocycles. The molecule has 0 bridgehead atoms. The summed E-state index contributed by atoms with van der Waals surface area (Å²) in [6, 6.07) is 8.91. The zero-order valence-electron chi connectivity index (χ0n) is 14.5. The molecule has 4 nitrogen and oxygen atoms in total. The molecule has 0 spiro atoms. The first-order valence-corrected chi connectivity index (χ1v) is 8.26. The fraction of sp³-hybridized carbons (Fsp3) is 0.611. The summed E-state index contributed by atoms with van der Waals surface area (Å²) in [6.45, 7) is 9.30. The highest BCUT2D eigenvalue weighted by Gasteiger charge is 2.30. The molecule has 1 saturated heterocycles. The molecule has 0 unspecified atom stereocenters. The molecule has 122 valence electrons. The van der Waals surface area contributed by atoms with Gasteiger partial charge in [0.15, 0.2) is 0 Å². The fourth-order valence-electron chi connectivity index (χ4n) is 3.20. The summed E-state index contributed by atoms with van der Waals surface area (Å²) >= 11 is 0. The first-order chi connectivity index (χ1) is 10.4. The van der Waals surface area contributed by atoms with Crippen LogP contribution in [0.15, 0.2) is 24.3 Å². The van der Waals surface area contributed by atoms with Gasteiger partial charge < -0.3 is 9.80 Å². The minimum Gasteiger partial charge on any atom is -0.378 e. The Hall–Kier alpha value is -1.55. The first-order valence-electron chi connectivity index (χ1n) is 8.26. The second-order valence-corrected chi connectivity index (χ2v) is 6.59. The number of hydrogen-bond acceptors (Lipinski definition) is 3. The zero-order chi connectivity index (χ0) is 16.3. The van der Waals surface area contributed by atoms with Crippen LogP contribution in [0.1, 0.15) is 37.6 Å². The van der Waals surface area contributed by atoms with Gasteiger partial charge in [-0.25, -0.2) is 0 Å². The highest BCUT2D eigenvalue weighted by molar-refractivity contribution is 5.95. The number of carbonyl (C=O) groups excluding carboxylic acids is 1. The lowest BCUT2D eigenvalue weighted by atomic mass is 10.1. The summed E-state index contributed by atoms with van der Waals surface area (Å²) in [5.74, 6) is 0.158. The van der Waals surface area contributed by atoms with Crippen molar-refractivity contribution in [3.05, 3.63) is 29.8 Å². The Labute approximate surface area is 134 Å². The third-order valence-corrected chi connectivity index (χ3v) is 4.56. The van der Waals surface area contributed by atoms with Crippen LogP contribution in [0.3, 0.4) is 0 Å². The second-order valence-electron chi connectivity index (χ2n) is 6.59. The van der Waals surface area contributed by atoms with Crippen molar-refractivity contribution in [3.63, 3.8) is 0 Å². The lowest BCUT2D eigenvalue weighted by Gasteiger charge is -2.43. The zero-order valence-corrected chi connectivity index (χ0v) is 14.5. The smallest absolute Gasteiger partial charge is 0.254 e. The molecule has 1 aliphatic rings. The number of nitrogens with zero attached hydrogens (tertiary/aromatic N) is 3. The van der Waals surface area contributed by atoms with Gasteiger partial charge in [-0.1, -0.05) is 13.0 Å². The number of anilines is 1. The summed E-state index contributed by atoms with van der Waals surface area (Å²) in [5, 5.41) is 0. The summed E-state index contributed by atoms with van der Waals surface area (Å²) in [6.07, 6.45) is 1.08. The number of rotatable bonds is 4. The van der Waals surface area contributed by atoms with Crippen LogP contribution in [0.4, 0.5) is 5.69 Å². The van der Waals surface area contributed by atoms with Crippen LogP contribution >= 0.6 is 0 Å². The molecule has 1 aliphatic heterocycles. The summed E-state index contributed by atoms with van der Waals surface area (Å²) in [7, 11) is 4.00. The summed E-state index contributed by atoms with van der Waals surface area (Å²) < 4.78 is 0. The molecule has 1 fully saturated rings. The molecule has 1 heterocycles. The van der Waals surface area contributed by atoms with Crippen molar-refractivity contribution in [1.29, 1.82) is 0 Å². The van der Waals surface area contributed by atoms with E-state index in [1.54, 1.807) is 0 Å². The van der Waals surface area contributed by atoms with E-state index in [2.05, 4.69) is 25.7 Å². The highest BCUT2D eigenvalue weighted by Crippen LogP contribution is 2.20. The Morgan fingerprint density at radius 1 is 1.32 bits per heavy atom. The molecule has 0 aliphatic carbocycles. The van der Waals surface area contributed by atoms with Gasteiger partial charge in [-0.2, -0.15) is 0 Å². The van der Waals surface area contributed by atoms with E-state index in [1.165, 1.54) is 0 Å². The van der Waals surface area contributed by atoms with Crippen molar-refractivity contribution in [2.75, 3.05) is 38.6 Å². The number of hydrogen-bond donors (Lipinski definition) is 0. The van der Waals surface area contributed by atoms with Crippen molar-refractivity contribution < 1.29 is 4.79 Å². The number of carbonyl (C=O) groups is 1. The van der Waals surface area contributed by atoms with Gasteiger partial charge in [0, 0.05) is 57.1 Å². The normalized spacial score (nSPS) is 19.5. The van der Waals surface area contributed by atoms with Gasteiger partial charge in [0.2, 0.25) is 0 Å². The van der Waals surface area contributed by atoms with Crippen LogP contribution in [0.25, 0.3) is 0 Å². The first kappa shape index (κ1) is 16.8. The molecule has 1 amide bonds. The quantitative estimate of drug-likeness (QED) is 0.855. The second kappa shape index (κ2) is 7.14. The van der Waals surface area contributed by atoms with Crippen LogP contribution in [-0.2, 0) is 0 Å². The van der Waals surface area contributed by atoms with E-state index in [-0.39, 0.29) is 5.91 Å². The third kappa shape index (κ3) is 3.61. The predicted octanol–water partition coefficient (Wildman–Crippen LogP) is 2.70. The van der Waals surface area contributed by atoms with Gasteiger partial charge in [0.05, 0.1) is 0 Å². The van der Waals surface area contributed by atoms with E-state index in [9.17, 15) is 4.79 Å². The van der Waals surface area contributed by atoms with Crippen LogP contribution in [-0.4, -0.2) is 61.5 Å². The number of amides is 1. The topological polar surface area (TPSA) is 26.8 Å². The van der Waals surface area contributed by atoms with Crippen LogP contribution in [0, 0.1) is 0 Å². The molecule has 0 saturated carbocycles. The van der Waals surface area contributed by atoms with Crippen molar-refractivity contribution in [2.45, 2.75) is 39.3 Å². The van der Waals surface area contributed by atoms with E-state index < -0.39 is 0 Å². The van der Waals surface area contributed by atoms with Crippen molar-refractivity contribution in [3.8, 4) is 0 Å². The fourth-order valence-corrected chi connectivity index (χ4v) is 3.20. The van der Waals surface area contributed by atoms with Crippen LogP contribution in [0.5, 0.6) is 0 Å². The van der Waals surface area contributed by atoms with Gasteiger partial charge in [-0.15, -0.1) is 0 Å². The molecule has 1 atom stereocenters. The largest absolute Gasteiger partial charge is 0.378 e. The van der Waals surface area contributed by atoms with Gasteiger partial charge in [0.25, 0.3) is 5.91 Å². The van der Waals surface area contributed by atoms with E-state index in [1.807, 2.05) is 48.2 Å². The Morgan fingerprint density at radius 3 is 2.64 bits per heavy atom. The van der Waals surface area contributed by atoms with Crippen molar-refractivity contribution in [2.24, 2.45) is 0 Å². The van der Waals surface area contributed by atoms with Crippen LogP contribution in [0.2, 0.25) is 0 Å². The Balaban J connectivity index is 2.12. The van der Waals surface area contributed by atoms with Gasteiger partial charge in [0.1, 0.15) is 0 Å². The van der Waals surface area contributed by atoms with Gasteiger partial charge in [-0.3, -0.25) is 9.69 Å². The molecule has 4 heteroatoms. The summed E-state index contributed by atoms with van der Waals surface area (Å²) in [5.41, 5.74) is 1.86. The van der Waals surface area contributed by atoms with E-state index in [0.717, 1.165) is 37.3 Å². The average Bonchev–Trinajstić information content (AvgIpc) is 2.53. The van der Waals surface area contributed by atoms with Gasteiger partial charge in [-0.05, 0) is 38.5 Å². The monoisotopic (exact) mass is 303 g/mol. The SMILES string of the molecule is CC[C@@H]1CN(C(=O)c2cccc(N(C)C)c2)CCN1C(C)C. The maximum Gasteiger partial charge on any atom is 0.254 e. The highest BCUT2D eigenvalue weighted by atomic mass is 16.2. The number of piperazine rings is 1. The summed E-state index contributed by atoms with van der Waals surface area (Å²) in [4.78, 5) is 19.4. The molecule has 2 rings (SSSR count). The Kier molecular flexibility index (Phi) is 5.46. The predicted molar refractivity (Wildman–Crippen MR) is 92.6 cm³/mol. The van der Waals surface area contributed by atoms with Gasteiger partial charge >= 0.3 is 0 Å². The molecule has 1 aromatic rings. The molecule has 0 radical (unpaired) electrons. The maximum atomic E-state index is 12.8.